The van der Waals surface area contributed by atoms with Gasteiger partial charge < -0.3 is 10.5 Å². The number of anilines is 1. The van der Waals surface area contributed by atoms with Crippen molar-refractivity contribution in [3.63, 3.8) is 0 Å². The van der Waals surface area contributed by atoms with Crippen LogP contribution in [0.25, 0.3) is 0 Å². The molecule has 1 aromatic rings. The summed E-state index contributed by atoms with van der Waals surface area (Å²) in [6, 6.07) is 0. The Morgan fingerprint density at radius 1 is 1.50 bits per heavy atom. The summed E-state index contributed by atoms with van der Waals surface area (Å²) >= 11 is 0. The minimum absolute atomic E-state index is 0.0865. The molecule has 1 rings (SSSR count). The molecule has 2 amide bonds. The first kappa shape index (κ1) is 13.8. The lowest BCUT2D eigenvalue weighted by Gasteiger charge is -2.07. The van der Waals surface area contributed by atoms with E-state index in [4.69, 9.17) is 5.73 Å². The lowest BCUT2D eigenvalue weighted by atomic mass is 10.5. The van der Waals surface area contributed by atoms with E-state index in [1.165, 1.54) is 6.20 Å². The van der Waals surface area contributed by atoms with Crippen molar-refractivity contribution in [3.05, 3.63) is 12.4 Å². The maximum atomic E-state index is 11.7. The first-order chi connectivity index (χ1) is 8.26. The van der Waals surface area contributed by atoms with Crippen molar-refractivity contribution in [1.82, 2.24) is 9.78 Å². The second kappa shape index (κ2) is 5.38. The third-order valence-corrected chi connectivity index (χ3v) is 1.56. The molecule has 0 aromatic carbocycles. The van der Waals surface area contributed by atoms with E-state index >= 15 is 0 Å². The summed E-state index contributed by atoms with van der Waals surface area (Å²) in [4.78, 5) is 21.5. The number of amides is 2. The minimum Gasteiger partial charge on any atom is -0.440 e. The number of carbonyl (C=O) groups excluding carboxylic acids is 2. The first-order valence-electron chi connectivity index (χ1n) is 4.57. The van der Waals surface area contributed by atoms with E-state index in [1.54, 1.807) is 0 Å². The zero-order chi connectivity index (χ0) is 13.8. The smallest absolute Gasteiger partial charge is 0.422 e. The lowest BCUT2D eigenvalue weighted by Crippen LogP contribution is -2.23. The van der Waals surface area contributed by atoms with Gasteiger partial charge in [0.15, 0.2) is 6.61 Å². The van der Waals surface area contributed by atoms with E-state index in [0.29, 0.717) is 0 Å². The van der Waals surface area contributed by atoms with Crippen molar-refractivity contribution in [2.24, 2.45) is 5.73 Å². The van der Waals surface area contributed by atoms with Gasteiger partial charge >= 0.3 is 12.3 Å². The van der Waals surface area contributed by atoms with Crippen LogP contribution in [0.15, 0.2) is 12.4 Å². The highest BCUT2D eigenvalue weighted by atomic mass is 19.4. The summed E-state index contributed by atoms with van der Waals surface area (Å²) in [5, 5.41) is 5.65. The number of nitrogens with zero attached hydrogens (tertiary/aromatic N) is 2. The molecule has 18 heavy (non-hydrogen) atoms. The van der Waals surface area contributed by atoms with Crippen molar-refractivity contribution < 1.29 is 27.5 Å². The zero-order valence-electron chi connectivity index (χ0n) is 8.90. The van der Waals surface area contributed by atoms with Gasteiger partial charge in [-0.2, -0.15) is 18.3 Å². The van der Waals surface area contributed by atoms with Crippen LogP contribution in [0.2, 0.25) is 0 Å². The Kier molecular flexibility index (Phi) is 4.13. The van der Waals surface area contributed by atoms with Crippen molar-refractivity contribution in [3.8, 4) is 0 Å². The van der Waals surface area contributed by atoms with Gasteiger partial charge in [-0.05, 0) is 0 Å². The molecule has 0 bridgehead atoms. The van der Waals surface area contributed by atoms with Crippen LogP contribution in [0.1, 0.15) is 0 Å². The van der Waals surface area contributed by atoms with Crippen LogP contribution in [-0.4, -0.2) is 34.6 Å². The molecule has 7 nitrogen and oxygen atoms in total. The van der Waals surface area contributed by atoms with Gasteiger partial charge in [-0.15, -0.1) is 0 Å². The zero-order valence-corrected chi connectivity index (χ0v) is 8.90. The van der Waals surface area contributed by atoms with Crippen molar-refractivity contribution in [1.29, 1.82) is 0 Å². The highest BCUT2D eigenvalue weighted by Gasteiger charge is 2.29. The predicted molar refractivity (Wildman–Crippen MR) is 52.4 cm³/mol. The molecule has 0 radical (unpaired) electrons. The van der Waals surface area contributed by atoms with Crippen LogP contribution >= 0.6 is 0 Å². The van der Waals surface area contributed by atoms with Crippen molar-refractivity contribution >= 4 is 17.7 Å². The van der Waals surface area contributed by atoms with Crippen LogP contribution < -0.4 is 11.1 Å². The van der Waals surface area contributed by atoms with E-state index in [1.807, 2.05) is 5.32 Å². The fourth-order valence-corrected chi connectivity index (χ4v) is 0.976. The van der Waals surface area contributed by atoms with Gasteiger partial charge in [-0.1, -0.05) is 0 Å². The molecule has 0 aliphatic carbocycles. The summed E-state index contributed by atoms with van der Waals surface area (Å²) in [5.41, 5.74) is 4.98. The SMILES string of the molecule is NC(=O)Cn1cc(NC(=O)OCC(F)(F)F)cn1. The van der Waals surface area contributed by atoms with Gasteiger partial charge in [0.2, 0.25) is 5.91 Å². The standard InChI is InChI=1S/C8H9F3N4O3/c9-8(10,11)4-18-7(17)14-5-1-13-15(2-5)3-6(12)16/h1-2H,3-4H2,(H2,12,16)(H,14,17). The topological polar surface area (TPSA) is 99.2 Å². The third kappa shape index (κ3) is 5.18. The van der Waals surface area contributed by atoms with Gasteiger partial charge in [0.05, 0.1) is 11.9 Å². The lowest BCUT2D eigenvalue weighted by molar-refractivity contribution is -0.159. The Labute approximate surface area is 98.7 Å². The molecule has 100 valence electrons. The van der Waals surface area contributed by atoms with Crippen molar-refractivity contribution in [2.45, 2.75) is 12.7 Å². The number of primary amides is 1. The van der Waals surface area contributed by atoms with Gasteiger partial charge in [-0.25, -0.2) is 4.79 Å². The molecule has 0 spiro atoms. The predicted octanol–water partition coefficient (Wildman–Crippen LogP) is 0.479. The summed E-state index contributed by atoms with van der Waals surface area (Å²) in [7, 11) is 0. The van der Waals surface area contributed by atoms with Gasteiger partial charge in [0.1, 0.15) is 6.54 Å². The molecule has 10 heteroatoms. The molecule has 0 aliphatic rings. The molecule has 0 saturated heterocycles. The summed E-state index contributed by atoms with van der Waals surface area (Å²) < 4.78 is 40.2. The number of nitrogens with two attached hydrogens (primary N) is 1. The molecule has 0 unspecified atom stereocenters. The Bertz CT molecular complexity index is 443. The number of ether oxygens (including phenoxy) is 1. The quantitative estimate of drug-likeness (QED) is 0.827. The monoisotopic (exact) mass is 266 g/mol. The molecular weight excluding hydrogens is 257 g/mol. The second-order valence-corrected chi connectivity index (χ2v) is 3.21. The molecular formula is C8H9F3N4O3. The van der Waals surface area contributed by atoms with Crippen LogP contribution in [0.3, 0.4) is 0 Å². The first-order valence-corrected chi connectivity index (χ1v) is 4.57. The number of carbonyl (C=O) groups is 2. The minimum atomic E-state index is -4.59. The average molecular weight is 266 g/mol. The molecule has 3 N–H and O–H groups in total. The molecule has 0 saturated carbocycles. The Morgan fingerprint density at radius 2 is 2.17 bits per heavy atom. The largest absolute Gasteiger partial charge is 0.440 e. The molecule has 1 aromatic heterocycles. The Balaban J connectivity index is 2.45. The van der Waals surface area contributed by atoms with Crippen LogP contribution in [-0.2, 0) is 16.1 Å². The number of alkyl halides is 3. The summed E-state index contributed by atoms with van der Waals surface area (Å²) in [6.45, 7) is -1.90. The Hall–Kier alpha value is -2.26. The molecule has 0 atom stereocenters. The Morgan fingerprint density at radius 3 is 2.72 bits per heavy atom. The number of hydrogen-bond donors (Lipinski definition) is 2. The maximum Gasteiger partial charge on any atom is 0.422 e. The van der Waals surface area contributed by atoms with E-state index < -0.39 is 24.8 Å². The average Bonchev–Trinajstić information content (AvgIpc) is 2.60. The number of hydrogen-bond acceptors (Lipinski definition) is 4. The molecule has 0 aliphatic heterocycles. The fraction of sp³-hybridized carbons (Fsp3) is 0.375. The fourth-order valence-electron chi connectivity index (χ4n) is 0.976. The van der Waals surface area contributed by atoms with Gasteiger partial charge in [0, 0.05) is 6.20 Å². The summed E-state index contributed by atoms with van der Waals surface area (Å²) in [6.07, 6.45) is -3.50. The second-order valence-electron chi connectivity index (χ2n) is 3.21. The number of aromatic nitrogens is 2. The van der Waals surface area contributed by atoms with Crippen molar-refractivity contribution in [2.75, 3.05) is 11.9 Å². The summed E-state index contributed by atoms with van der Waals surface area (Å²) in [5.74, 6) is -0.649. The van der Waals surface area contributed by atoms with Crippen LogP contribution in [0.5, 0.6) is 0 Å². The van der Waals surface area contributed by atoms with E-state index in [9.17, 15) is 22.8 Å². The van der Waals surface area contributed by atoms with Gasteiger partial charge in [-0.3, -0.25) is 14.8 Å². The van der Waals surface area contributed by atoms with Gasteiger partial charge in [0.25, 0.3) is 0 Å². The van der Waals surface area contributed by atoms with Crippen LogP contribution in [0, 0.1) is 0 Å². The number of rotatable bonds is 4. The highest BCUT2D eigenvalue weighted by molar-refractivity contribution is 5.84. The third-order valence-electron chi connectivity index (χ3n) is 1.56. The van der Waals surface area contributed by atoms with E-state index in [-0.39, 0.29) is 12.2 Å². The van der Waals surface area contributed by atoms with E-state index in [2.05, 4.69) is 9.84 Å². The highest BCUT2D eigenvalue weighted by Crippen LogP contribution is 2.15. The normalized spacial score (nSPS) is 11.1. The molecule has 1 heterocycles. The maximum absolute atomic E-state index is 11.7. The van der Waals surface area contributed by atoms with E-state index in [0.717, 1.165) is 10.9 Å². The number of halogens is 3. The van der Waals surface area contributed by atoms with Crippen LogP contribution in [0.4, 0.5) is 23.7 Å². The number of nitrogens with one attached hydrogen (secondary N) is 1. The molecule has 0 fully saturated rings.